The monoisotopic (exact) mass is 333 g/mol. The highest BCUT2D eigenvalue weighted by molar-refractivity contribution is 5.96. The number of amides is 2. The SMILES string of the molecule is CCC(C)C(=O)N1CCCC(C(=O)Nc2cc(OC)ccc2N)C1. The van der Waals surface area contributed by atoms with Crippen LogP contribution in [0.1, 0.15) is 33.1 Å². The third kappa shape index (κ3) is 4.19. The first-order valence-electron chi connectivity index (χ1n) is 8.49. The van der Waals surface area contributed by atoms with E-state index in [-0.39, 0.29) is 23.7 Å². The van der Waals surface area contributed by atoms with Gasteiger partial charge in [0, 0.05) is 25.1 Å². The molecule has 2 atom stereocenters. The van der Waals surface area contributed by atoms with Crippen molar-refractivity contribution in [3.8, 4) is 5.75 Å². The summed E-state index contributed by atoms with van der Waals surface area (Å²) in [6, 6.07) is 5.16. The minimum atomic E-state index is -0.211. The maximum Gasteiger partial charge on any atom is 0.229 e. The highest BCUT2D eigenvalue weighted by atomic mass is 16.5. The number of rotatable bonds is 5. The molecular weight excluding hydrogens is 306 g/mol. The Hall–Kier alpha value is -2.24. The standard InChI is InChI=1S/C18H27N3O3/c1-4-12(2)18(23)21-9-5-6-13(11-21)17(22)20-16-10-14(24-3)7-8-15(16)19/h7-8,10,12-13H,4-6,9,11,19H2,1-3H3,(H,20,22). The van der Waals surface area contributed by atoms with Gasteiger partial charge in [0.1, 0.15) is 5.75 Å². The van der Waals surface area contributed by atoms with Crippen molar-refractivity contribution in [1.82, 2.24) is 4.90 Å². The molecule has 1 fully saturated rings. The second-order valence-electron chi connectivity index (χ2n) is 6.38. The lowest BCUT2D eigenvalue weighted by atomic mass is 9.95. The summed E-state index contributed by atoms with van der Waals surface area (Å²) in [5.41, 5.74) is 6.96. The average Bonchev–Trinajstić information content (AvgIpc) is 2.62. The van der Waals surface area contributed by atoms with Crippen molar-refractivity contribution >= 4 is 23.2 Å². The predicted molar refractivity (Wildman–Crippen MR) is 94.8 cm³/mol. The first-order chi connectivity index (χ1) is 11.5. The summed E-state index contributed by atoms with van der Waals surface area (Å²) in [5.74, 6) is 0.461. The van der Waals surface area contributed by atoms with E-state index in [0.29, 0.717) is 23.7 Å². The van der Waals surface area contributed by atoms with Gasteiger partial charge in [0.15, 0.2) is 0 Å². The zero-order valence-corrected chi connectivity index (χ0v) is 14.7. The van der Waals surface area contributed by atoms with Crippen molar-refractivity contribution in [2.45, 2.75) is 33.1 Å². The summed E-state index contributed by atoms with van der Waals surface area (Å²) < 4.78 is 5.16. The maximum atomic E-state index is 12.6. The molecule has 2 unspecified atom stereocenters. The number of nitrogens with zero attached hydrogens (tertiary/aromatic N) is 1. The summed E-state index contributed by atoms with van der Waals surface area (Å²) in [7, 11) is 1.57. The van der Waals surface area contributed by atoms with Gasteiger partial charge >= 0.3 is 0 Å². The van der Waals surface area contributed by atoms with Crippen molar-refractivity contribution in [3.63, 3.8) is 0 Å². The minimum Gasteiger partial charge on any atom is -0.497 e. The highest BCUT2D eigenvalue weighted by Gasteiger charge is 2.30. The lowest BCUT2D eigenvalue weighted by Crippen LogP contribution is -2.45. The lowest BCUT2D eigenvalue weighted by molar-refractivity contribution is -0.138. The van der Waals surface area contributed by atoms with Gasteiger partial charge in [-0.15, -0.1) is 0 Å². The molecule has 24 heavy (non-hydrogen) atoms. The van der Waals surface area contributed by atoms with Crippen molar-refractivity contribution in [3.05, 3.63) is 18.2 Å². The lowest BCUT2D eigenvalue weighted by Gasteiger charge is -2.33. The van der Waals surface area contributed by atoms with E-state index >= 15 is 0 Å². The summed E-state index contributed by atoms with van der Waals surface area (Å²) in [4.78, 5) is 26.7. The van der Waals surface area contributed by atoms with Crippen LogP contribution in [0.3, 0.4) is 0 Å². The smallest absolute Gasteiger partial charge is 0.229 e. The molecule has 0 bridgehead atoms. The zero-order valence-electron chi connectivity index (χ0n) is 14.7. The van der Waals surface area contributed by atoms with Crippen molar-refractivity contribution in [2.24, 2.45) is 11.8 Å². The topological polar surface area (TPSA) is 84.7 Å². The number of likely N-dealkylation sites (tertiary alicyclic amines) is 1. The Kier molecular flexibility index (Phi) is 6.06. The van der Waals surface area contributed by atoms with E-state index in [9.17, 15) is 9.59 Å². The number of hydrogen-bond donors (Lipinski definition) is 2. The van der Waals surface area contributed by atoms with Crippen LogP contribution in [0.25, 0.3) is 0 Å². The second-order valence-corrected chi connectivity index (χ2v) is 6.38. The van der Waals surface area contributed by atoms with Gasteiger partial charge in [-0.2, -0.15) is 0 Å². The Labute approximate surface area is 143 Å². The molecule has 132 valence electrons. The van der Waals surface area contributed by atoms with Crippen molar-refractivity contribution in [1.29, 1.82) is 0 Å². The highest BCUT2D eigenvalue weighted by Crippen LogP contribution is 2.26. The van der Waals surface area contributed by atoms with Gasteiger partial charge in [0.25, 0.3) is 0 Å². The summed E-state index contributed by atoms with van der Waals surface area (Å²) in [6.07, 6.45) is 2.43. The number of nitrogens with two attached hydrogens (primary N) is 1. The molecule has 0 aromatic heterocycles. The fourth-order valence-corrected chi connectivity index (χ4v) is 2.88. The van der Waals surface area contributed by atoms with Crippen LogP contribution >= 0.6 is 0 Å². The number of anilines is 2. The number of ether oxygens (including phenoxy) is 1. The molecule has 6 nitrogen and oxygen atoms in total. The molecule has 1 aliphatic heterocycles. The molecule has 1 heterocycles. The molecule has 1 aliphatic rings. The van der Waals surface area contributed by atoms with Gasteiger partial charge in [0.2, 0.25) is 11.8 Å². The fourth-order valence-electron chi connectivity index (χ4n) is 2.88. The van der Waals surface area contributed by atoms with Crippen LogP contribution in [-0.2, 0) is 9.59 Å². The first kappa shape index (κ1) is 18.1. The Bertz CT molecular complexity index is 603. The number of methoxy groups -OCH3 is 1. The maximum absolute atomic E-state index is 12.6. The van der Waals surface area contributed by atoms with Crippen LogP contribution in [-0.4, -0.2) is 36.9 Å². The minimum absolute atomic E-state index is 0.000778. The van der Waals surface area contributed by atoms with Crippen molar-refractivity contribution < 1.29 is 14.3 Å². The molecule has 0 spiro atoms. The molecule has 1 aromatic carbocycles. The number of benzene rings is 1. The van der Waals surface area contributed by atoms with E-state index in [1.54, 1.807) is 25.3 Å². The van der Waals surface area contributed by atoms with E-state index in [2.05, 4.69) is 5.32 Å². The number of carbonyl (C=O) groups is 2. The normalized spacial score (nSPS) is 18.8. The zero-order chi connectivity index (χ0) is 17.7. The Balaban J connectivity index is 2.03. The van der Waals surface area contributed by atoms with Gasteiger partial charge in [-0.25, -0.2) is 0 Å². The predicted octanol–water partition coefficient (Wildman–Crippen LogP) is 2.50. The van der Waals surface area contributed by atoms with E-state index < -0.39 is 0 Å². The number of hydrogen-bond acceptors (Lipinski definition) is 4. The Morgan fingerprint density at radius 3 is 2.88 bits per heavy atom. The molecule has 3 N–H and O–H groups in total. The molecule has 0 saturated carbocycles. The van der Waals surface area contributed by atoms with Crippen LogP contribution in [0.5, 0.6) is 5.75 Å². The van der Waals surface area contributed by atoms with Crippen LogP contribution in [0.2, 0.25) is 0 Å². The fraction of sp³-hybridized carbons (Fsp3) is 0.556. The number of carbonyl (C=O) groups excluding carboxylic acids is 2. The van der Waals surface area contributed by atoms with Gasteiger partial charge in [0.05, 0.1) is 24.4 Å². The summed E-state index contributed by atoms with van der Waals surface area (Å²) >= 11 is 0. The Morgan fingerprint density at radius 2 is 2.21 bits per heavy atom. The van der Waals surface area contributed by atoms with Gasteiger partial charge < -0.3 is 20.7 Å². The summed E-state index contributed by atoms with van der Waals surface area (Å²) in [5, 5.41) is 2.88. The third-order valence-electron chi connectivity index (χ3n) is 4.66. The van der Waals surface area contributed by atoms with E-state index in [1.165, 1.54) is 0 Å². The molecule has 6 heteroatoms. The number of piperidine rings is 1. The van der Waals surface area contributed by atoms with Gasteiger partial charge in [-0.1, -0.05) is 13.8 Å². The Morgan fingerprint density at radius 1 is 1.46 bits per heavy atom. The van der Waals surface area contributed by atoms with Crippen molar-refractivity contribution in [2.75, 3.05) is 31.2 Å². The number of nitrogen functional groups attached to an aromatic ring is 1. The quantitative estimate of drug-likeness (QED) is 0.811. The van der Waals surface area contributed by atoms with Gasteiger partial charge in [-0.3, -0.25) is 9.59 Å². The largest absolute Gasteiger partial charge is 0.497 e. The molecular formula is C18H27N3O3. The van der Waals surface area contributed by atoms with Crippen LogP contribution in [0.4, 0.5) is 11.4 Å². The molecule has 2 amide bonds. The van der Waals surface area contributed by atoms with Crippen LogP contribution in [0, 0.1) is 11.8 Å². The third-order valence-corrected chi connectivity index (χ3v) is 4.66. The average molecular weight is 333 g/mol. The number of nitrogens with one attached hydrogen (secondary N) is 1. The van der Waals surface area contributed by atoms with E-state index in [4.69, 9.17) is 10.5 Å². The molecule has 0 aliphatic carbocycles. The van der Waals surface area contributed by atoms with E-state index in [1.807, 2.05) is 18.7 Å². The first-order valence-corrected chi connectivity index (χ1v) is 8.49. The molecule has 1 aromatic rings. The van der Waals surface area contributed by atoms with Crippen LogP contribution < -0.4 is 15.8 Å². The molecule has 2 rings (SSSR count). The van der Waals surface area contributed by atoms with Crippen LogP contribution in [0.15, 0.2) is 18.2 Å². The van der Waals surface area contributed by atoms with Gasteiger partial charge in [-0.05, 0) is 31.4 Å². The summed E-state index contributed by atoms with van der Waals surface area (Å²) in [6.45, 7) is 5.14. The second kappa shape index (κ2) is 8.04. The van der Waals surface area contributed by atoms with E-state index in [0.717, 1.165) is 25.8 Å². The molecule has 1 saturated heterocycles. The molecule has 0 radical (unpaired) electrons.